The topological polar surface area (TPSA) is 102 Å². The van der Waals surface area contributed by atoms with Crippen LogP contribution in [0.3, 0.4) is 0 Å². The van der Waals surface area contributed by atoms with Crippen LogP contribution in [0, 0.1) is 13.8 Å². The Labute approximate surface area is 203 Å². The summed E-state index contributed by atoms with van der Waals surface area (Å²) in [5.41, 5.74) is 3.48. The minimum atomic E-state index is -3.92. The summed E-state index contributed by atoms with van der Waals surface area (Å²) in [5, 5.41) is 3.25. The van der Waals surface area contributed by atoms with E-state index in [2.05, 4.69) is 10.0 Å². The van der Waals surface area contributed by atoms with Crippen molar-refractivity contribution < 1.29 is 22.7 Å². The number of carbonyl (C=O) groups is 2. The summed E-state index contributed by atoms with van der Waals surface area (Å²) in [6.07, 6.45) is 3.64. The largest absolute Gasteiger partial charge is 0.465 e. The van der Waals surface area contributed by atoms with E-state index in [1.807, 2.05) is 19.1 Å². The number of esters is 1. The molecule has 34 heavy (non-hydrogen) atoms. The van der Waals surface area contributed by atoms with Crippen LogP contribution < -0.4 is 10.0 Å². The predicted octanol–water partition coefficient (Wildman–Crippen LogP) is 5.08. The van der Waals surface area contributed by atoms with Crippen molar-refractivity contribution in [3.05, 3.63) is 75.2 Å². The van der Waals surface area contributed by atoms with Gasteiger partial charge in [-0.3, -0.25) is 9.52 Å². The first-order chi connectivity index (χ1) is 16.2. The third-order valence-electron chi connectivity index (χ3n) is 5.83. The van der Waals surface area contributed by atoms with Gasteiger partial charge in [0.05, 0.1) is 17.6 Å². The fourth-order valence-electron chi connectivity index (χ4n) is 4.01. The van der Waals surface area contributed by atoms with E-state index in [0.717, 1.165) is 41.7 Å². The highest BCUT2D eigenvalue weighted by Gasteiger charge is 2.27. The summed E-state index contributed by atoms with van der Waals surface area (Å²) in [6.45, 7) is 3.59. The highest BCUT2D eigenvalue weighted by molar-refractivity contribution is 7.92. The Kier molecular flexibility index (Phi) is 6.77. The number of rotatable bonds is 6. The highest BCUT2D eigenvalue weighted by Crippen LogP contribution is 2.38. The lowest BCUT2D eigenvalue weighted by atomic mass is 9.95. The van der Waals surface area contributed by atoms with E-state index in [1.54, 1.807) is 31.2 Å². The van der Waals surface area contributed by atoms with Gasteiger partial charge in [0.1, 0.15) is 5.00 Å². The van der Waals surface area contributed by atoms with Crippen LogP contribution >= 0.6 is 11.3 Å². The number of hydrogen-bond donors (Lipinski definition) is 2. The van der Waals surface area contributed by atoms with Crippen molar-refractivity contribution in [2.75, 3.05) is 17.1 Å². The second-order valence-corrected chi connectivity index (χ2v) is 11.1. The van der Waals surface area contributed by atoms with Crippen LogP contribution in [0.1, 0.15) is 55.1 Å². The molecule has 1 aliphatic rings. The number of methoxy groups -OCH3 is 1. The molecule has 2 N–H and O–H groups in total. The zero-order valence-corrected chi connectivity index (χ0v) is 20.9. The van der Waals surface area contributed by atoms with Crippen LogP contribution in [0.5, 0.6) is 0 Å². The van der Waals surface area contributed by atoms with Crippen LogP contribution in [-0.2, 0) is 27.6 Å². The first-order valence-corrected chi connectivity index (χ1v) is 13.2. The molecule has 0 atom stereocenters. The lowest BCUT2D eigenvalue weighted by molar-refractivity contribution is 0.0601. The van der Waals surface area contributed by atoms with Crippen LogP contribution in [-0.4, -0.2) is 27.4 Å². The Morgan fingerprint density at radius 2 is 1.71 bits per heavy atom. The zero-order chi connectivity index (χ0) is 24.5. The van der Waals surface area contributed by atoms with Crippen LogP contribution in [0.2, 0.25) is 0 Å². The Balaban J connectivity index is 1.63. The van der Waals surface area contributed by atoms with E-state index in [-0.39, 0.29) is 10.5 Å². The van der Waals surface area contributed by atoms with E-state index in [4.69, 9.17) is 4.74 Å². The number of ether oxygens (including phenoxy) is 1. The normalized spacial score (nSPS) is 13.1. The van der Waals surface area contributed by atoms with Gasteiger partial charge in [-0.1, -0.05) is 23.8 Å². The van der Waals surface area contributed by atoms with Crippen molar-refractivity contribution in [1.29, 1.82) is 0 Å². The van der Waals surface area contributed by atoms with Crippen molar-refractivity contribution in [1.82, 2.24) is 0 Å². The molecule has 7 nitrogen and oxygen atoms in total. The Morgan fingerprint density at radius 1 is 1.00 bits per heavy atom. The number of anilines is 2. The van der Waals surface area contributed by atoms with Crippen molar-refractivity contribution >= 4 is 43.9 Å². The number of sulfonamides is 1. The number of aryl methyl sites for hydroxylation is 3. The maximum Gasteiger partial charge on any atom is 0.341 e. The SMILES string of the molecule is COC(=O)c1c(NC(=O)c2ccc(C)c(S(=O)(=O)Nc3ccc(C)cc3)c2)sc2c1CCCC2. The van der Waals surface area contributed by atoms with Gasteiger partial charge in [0.15, 0.2) is 0 Å². The molecule has 1 amide bonds. The summed E-state index contributed by atoms with van der Waals surface area (Å²) in [7, 11) is -2.60. The Hall–Kier alpha value is -3.17. The average molecular weight is 499 g/mol. The summed E-state index contributed by atoms with van der Waals surface area (Å²) < 4.78 is 33.6. The predicted molar refractivity (Wildman–Crippen MR) is 133 cm³/mol. The molecule has 0 aliphatic heterocycles. The number of hydrogen-bond acceptors (Lipinski definition) is 6. The molecule has 4 rings (SSSR count). The summed E-state index contributed by atoms with van der Waals surface area (Å²) in [4.78, 5) is 26.7. The molecule has 3 aromatic rings. The third-order valence-corrected chi connectivity index (χ3v) is 8.56. The van der Waals surface area contributed by atoms with Gasteiger partial charge >= 0.3 is 5.97 Å². The van der Waals surface area contributed by atoms with Crippen molar-refractivity contribution in [3.63, 3.8) is 0 Å². The van der Waals surface area contributed by atoms with E-state index in [0.29, 0.717) is 21.8 Å². The first kappa shape index (κ1) is 24.0. The van der Waals surface area contributed by atoms with Crippen LogP contribution in [0.25, 0.3) is 0 Å². The van der Waals surface area contributed by atoms with Gasteiger partial charge in [-0.15, -0.1) is 11.3 Å². The molecule has 0 saturated carbocycles. The molecule has 178 valence electrons. The number of benzene rings is 2. The fourth-order valence-corrected chi connectivity index (χ4v) is 6.61. The fraction of sp³-hybridized carbons (Fsp3) is 0.280. The van der Waals surface area contributed by atoms with E-state index < -0.39 is 21.9 Å². The molecular weight excluding hydrogens is 472 g/mol. The van der Waals surface area contributed by atoms with Gasteiger partial charge in [0, 0.05) is 16.1 Å². The lowest BCUT2D eigenvalue weighted by Gasteiger charge is -2.13. The molecule has 0 spiro atoms. The van der Waals surface area contributed by atoms with Gasteiger partial charge in [-0.05, 0) is 74.9 Å². The maximum atomic E-state index is 13.1. The number of fused-ring (bicyclic) bond motifs is 1. The number of nitrogens with one attached hydrogen (secondary N) is 2. The van der Waals surface area contributed by atoms with Crippen LogP contribution in [0.4, 0.5) is 10.7 Å². The zero-order valence-electron chi connectivity index (χ0n) is 19.2. The molecule has 9 heteroatoms. The molecule has 1 aliphatic carbocycles. The van der Waals surface area contributed by atoms with E-state index in [1.165, 1.54) is 24.5 Å². The van der Waals surface area contributed by atoms with E-state index >= 15 is 0 Å². The number of thiophene rings is 1. The molecular formula is C25H26N2O5S2. The molecule has 0 bridgehead atoms. The molecule has 0 fully saturated rings. The summed E-state index contributed by atoms with van der Waals surface area (Å²) >= 11 is 1.38. The highest BCUT2D eigenvalue weighted by atomic mass is 32.2. The lowest BCUT2D eigenvalue weighted by Crippen LogP contribution is -2.18. The summed E-state index contributed by atoms with van der Waals surface area (Å²) in [6, 6.07) is 11.5. The van der Waals surface area contributed by atoms with Crippen molar-refractivity contribution in [3.8, 4) is 0 Å². The molecule has 0 saturated heterocycles. The van der Waals surface area contributed by atoms with Crippen molar-refractivity contribution in [2.24, 2.45) is 0 Å². The van der Waals surface area contributed by atoms with Gasteiger partial charge in [-0.2, -0.15) is 0 Å². The van der Waals surface area contributed by atoms with Gasteiger partial charge < -0.3 is 10.1 Å². The van der Waals surface area contributed by atoms with E-state index in [9.17, 15) is 18.0 Å². The second-order valence-electron chi connectivity index (χ2n) is 8.31. The molecule has 1 heterocycles. The third kappa shape index (κ3) is 4.85. The monoisotopic (exact) mass is 498 g/mol. The van der Waals surface area contributed by atoms with Gasteiger partial charge in [0.25, 0.3) is 15.9 Å². The standard InChI is InChI=1S/C25H26N2O5S2/c1-15-8-12-18(13-9-15)27-34(30,31)21-14-17(11-10-16(21)2)23(28)26-24-22(25(29)32-3)19-6-4-5-7-20(19)33-24/h8-14,27H,4-7H2,1-3H3,(H,26,28). The average Bonchev–Trinajstić information content (AvgIpc) is 3.17. The number of amides is 1. The maximum absolute atomic E-state index is 13.1. The van der Waals surface area contributed by atoms with Gasteiger partial charge in [0.2, 0.25) is 0 Å². The van der Waals surface area contributed by atoms with Gasteiger partial charge in [-0.25, -0.2) is 13.2 Å². The quantitative estimate of drug-likeness (QED) is 0.461. The molecule has 0 radical (unpaired) electrons. The van der Waals surface area contributed by atoms with Crippen molar-refractivity contribution in [2.45, 2.75) is 44.4 Å². The first-order valence-electron chi connectivity index (χ1n) is 10.9. The Bertz CT molecular complexity index is 1360. The molecule has 0 unspecified atom stereocenters. The minimum Gasteiger partial charge on any atom is -0.465 e. The van der Waals surface area contributed by atoms with Crippen LogP contribution in [0.15, 0.2) is 47.4 Å². The Morgan fingerprint density at radius 3 is 2.41 bits per heavy atom. The number of carbonyl (C=O) groups excluding carboxylic acids is 2. The second kappa shape index (κ2) is 9.60. The molecule has 1 aromatic heterocycles. The summed E-state index contributed by atoms with van der Waals surface area (Å²) in [5.74, 6) is -0.972. The minimum absolute atomic E-state index is 0.0133. The smallest absolute Gasteiger partial charge is 0.341 e. The molecule has 2 aromatic carbocycles.